The predicted molar refractivity (Wildman–Crippen MR) is 65.7 cm³/mol. The third kappa shape index (κ3) is 4.12. The monoisotopic (exact) mass is 290 g/mol. The first-order valence-corrected chi connectivity index (χ1v) is 6.74. The molecule has 1 aliphatic carbocycles. The fourth-order valence-corrected chi connectivity index (χ4v) is 2.20. The van der Waals surface area contributed by atoms with E-state index in [9.17, 15) is 18.0 Å². The van der Waals surface area contributed by atoms with Crippen molar-refractivity contribution in [3.05, 3.63) is 23.9 Å². The van der Waals surface area contributed by atoms with Crippen LogP contribution in [0.3, 0.4) is 0 Å². The first kappa shape index (κ1) is 14.2. The van der Waals surface area contributed by atoms with Crippen LogP contribution in [-0.4, -0.2) is 22.2 Å². The van der Waals surface area contributed by atoms with Gasteiger partial charge in [0.05, 0.1) is 15.8 Å². The molecule has 1 fully saturated rings. The van der Waals surface area contributed by atoms with Crippen molar-refractivity contribution in [1.82, 2.24) is 10.3 Å². The Bertz CT molecular complexity index is 457. The molecular weight excluding hydrogens is 277 g/mol. The molecule has 0 bridgehead atoms. The fourth-order valence-electron chi connectivity index (χ4n) is 1.40. The van der Waals surface area contributed by atoms with E-state index in [-0.39, 0.29) is 17.2 Å². The van der Waals surface area contributed by atoms with Gasteiger partial charge in [-0.2, -0.15) is 13.2 Å². The third-order valence-corrected chi connectivity index (χ3v) is 3.70. The maximum atomic E-state index is 12.3. The first-order chi connectivity index (χ1) is 8.86. The van der Waals surface area contributed by atoms with Crippen LogP contribution < -0.4 is 5.32 Å². The molecule has 1 aromatic rings. The molecule has 0 aliphatic heterocycles. The van der Waals surface area contributed by atoms with E-state index in [1.165, 1.54) is 6.07 Å². The molecule has 0 spiro atoms. The molecule has 3 nitrogen and oxygen atoms in total. The fraction of sp³-hybridized carbons (Fsp3) is 0.500. The molecule has 0 saturated heterocycles. The highest BCUT2D eigenvalue weighted by Crippen LogP contribution is 2.30. The van der Waals surface area contributed by atoms with E-state index < -0.39 is 11.7 Å². The highest BCUT2D eigenvalue weighted by Gasteiger charge is 2.31. The summed E-state index contributed by atoms with van der Waals surface area (Å²) in [7, 11) is 0. The molecule has 1 aliphatic rings. The van der Waals surface area contributed by atoms with Crippen LogP contribution in [-0.2, 0) is 11.0 Å². The molecule has 1 heterocycles. The van der Waals surface area contributed by atoms with Gasteiger partial charge in [-0.25, -0.2) is 4.98 Å². The van der Waals surface area contributed by atoms with E-state index in [4.69, 9.17) is 0 Å². The average molecular weight is 290 g/mol. The topological polar surface area (TPSA) is 42.0 Å². The second-order valence-electron chi connectivity index (χ2n) is 4.43. The lowest BCUT2D eigenvalue weighted by molar-refractivity contribution is -0.137. The van der Waals surface area contributed by atoms with Gasteiger partial charge in [-0.3, -0.25) is 4.79 Å². The Morgan fingerprint density at radius 2 is 2.16 bits per heavy atom. The Kier molecular flexibility index (Phi) is 4.03. The molecule has 1 saturated carbocycles. The number of halogens is 3. The molecule has 0 aromatic carbocycles. The zero-order chi connectivity index (χ0) is 14.0. The van der Waals surface area contributed by atoms with Crippen LogP contribution in [0.5, 0.6) is 0 Å². The Labute approximate surface area is 113 Å². The molecule has 7 heteroatoms. The maximum absolute atomic E-state index is 12.3. The van der Waals surface area contributed by atoms with Gasteiger partial charge in [0.2, 0.25) is 5.91 Å². The van der Waals surface area contributed by atoms with Gasteiger partial charge in [0, 0.05) is 12.2 Å². The van der Waals surface area contributed by atoms with Gasteiger partial charge in [-0.1, -0.05) is 11.8 Å². The first-order valence-electron chi connectivity index (χ1n) is 5.86. The third-order valence-electron chi connectivity index (χ3n) is 2.65. The smallest absolute Gasteiger partial charge is 0.352 e. The van der Waals surface area contributed by atoms with Crippen molar-refractivity contribution in [2.75, 3.05) is 0 Å². The van der Waals surface area contributed by atoms with Crippen molar-refractivity contribution < 1.29 is 18.0 Å². The zero-order valence-electron chi connectivity index (χ0n) is 10.2. The van der Waals surface area contributed by atoms with Gasteiger partial charge in [0.25, 0.3) is 0 Å². The number of nitrogens with one attached hydrogen (secondary N) is 1. The number of thioether (sulfide) groups is 1. The minimum atomic E-state index is -4.38. The van der Waals surface area contributed by atoms with Crippen LogP contribution in [0.1, 0.15) is 25.3 Å². The minimum absolute atomic E-state index is 0.103. The lowest BCUT2D eigenvalue weighted by Crippen LogP contribution is -2.32. The number of amides is 1. The van der Waals surface area contributed by atoms with Crippen LogP contribution in [0.25, 0.3) is 0 Å². The summed E-state index contributed by atoms with van der Waals surface area (Å²) in [5.41, 5.74) is -0.785. The molecule has 1 N–H and O–H groups in total. The standard InChI is InChI=1S/C12H13F3N2OS/c1-7(11(18)17-9-3-4-9)19-10-5-2-8(6-16-10)12(13,14)15/h2,5-7,9H,3-4H2,1H3,(H,17,18). The summed E-state index contributed by atoms with van der Waals surface area (Å²) < 4.78 is 37.0. The van der Waals surface area contributed by atoms with Gasteiger partial charge in [0.1, 0.15) is 0 Å². The summed E-state index contributed by atoms with van der Waals surface area (Å²) in [6.45, 7) is 1.71. The minimum Gasteiger partial charge on any atom is -0.352 e. The summed E-state index contributed by atoms with van der Waals surface area (Å²) in [6.07, 6.45) is -1.59. The number of hydrogen-bond donors (Lipinski definition) is 1. The largest absolute Gasteiger partial charge is 0.417 e. The van der Waals surface area contributed by atoms with Crippen molar-refractivity contribution in [3.63, 3.8) is 0 Å². The van der Waals surface area contributed by atoms with Gasteiger partial charge >= 0.3 is 6.18 Å². The Hall–Kier alpha value is -1.24. The second kappa shape index (κ2) is 5.40. The lowest BCUT2D eigenvalue weighted by Gasteiger charge is -2.11. The Morgan fingerprint density at radius 1 is 1.47 bits per heavy atom. The Morgan fingerprint density at radius 3 is 2.63 bits per heavy atom. The molecule has 1 amide bonds. The quantitative estimate of drug-likeness (QED) is 0.867. The van der Waals surface area contributed by atoms with E-state index in [0.717, 1.165) is 36.9 Å². The number of alkyl halides is 3. The van der Waals surface area contributed by atoms with Crippen LogP contribution in [0, 0.1) is 0 Å². The van der Waals surface area contributed by atoms with Crippen LogP contribution >= 0.6 is 11.8 Å². The number of aromatic nitrogens is 1. The van der Waals surface area contributed by atoms with E-state index in [1.807, 2.05) is 0 Å². The van der Waals surface area contributed by atoms with Crippen molar-refractivity contribution in [2.24, 2.45) is 0 Å². The molecule has 1 aromatic heterocycles. The number of nitrogens with zero attached hydrogens (tertiary/aromatic N) is 1. The average Bonchev–Trinajstić information content (AvgIpc) is 3.12. The van der Waals surface area contributed by atoms with Gasteiger partial charge in [-0.05, 0) is 31.9 Å². The summed E-state index contributed by atoms with van der Waals surface area (Å²) in [4.78, 5) is 15.4. The number of hydrogen-bond acceptors (Lipinski definition) is 3. The lowest BCUT2D eigenvalue weighted by atomic mass is 10.3. The van der Waals surface area contributed by atoms with E-state index in [1.54, 1.807) is 6.92 Å². The molecular formula is C12H13F3N2OS. The van der Waals surface area contributed by atoms with E-state index in [0.29, 0.717) is 5.03 Å². The SMILES string of the molecule is CC(Sc1ccc(C(F)(F)F)cn1)C(=O)NC1CC1. The van der Waals surface area contributed by atoms with Crippen molar-refractivity contribution >= 4 is 17.7 Å². The van der Waals surface area contributed by atoms with Gasteiger partial charge in [-0.15, -0.1) is 0 Å². The second-order valence-corrected chi connectivity index (χ2v) is 5.79. The summed E-state index contributed by atoms with van der Waals surface area (Å²) in [5, 5.41) is 2.88. The van der Waals surface area contributed by atoms with Crippen LogP contribution in [0.2, 0.25) is 0 Å². The number of carbonyl (C=O) groups is 1. The summed E-state index contributed by atoms with van der Waals surface area (Å²) in [5.74, 6) is -0.103. The van der Waals surface area contributed by atoms with E-state index >= 15 is 0 Å². The maximum Gasteiger partial charge on any atom is 0.417 e. The molecule has 19 heavy (non-hydrogen) atoms. The Balaban J connectivity index is 1.93. The normalized spacial score (nSPS) is 17.1. The number of carbonyl (C=O) groups excluding carboxylic acids is 1. The van der Waals surface area contributed by atoms with Crippen molar-refractivity contribution in [1.29, 1.82) is 0 Å². The van der Waals surface area contributed by atoms with Crippen molar-refractivity contribution in [2.45, 2.75) is 42.3 Å². The number of pyridine rings is 1. The molecule has 0 radical (unpaired) electrons. The molecule has 1 unspecified atom stereocenters. The molecule has 1 atom stereocenters. The van der Waals surface area contributed by atoms with E-state index in [2.05, 4.69) is 10.3 Å². The summed E-state index contributed by atoms with van der Waals surface area (Å²) in [6, 6.07) is 2.53. The molecule has 104 valence electrons. The van der Waals surface area contributed by atoms with Gasteiger partial charge < -0.3 is 5.32 Å². The van der Waals surface area contributed by atoms with Crippen LogP contribution in [0.15, 0.2) is 23.4 Å². The summed E-state index contributed by atoms with van der Waals surface area (Å²) >= 11 is 1.15. The number of rotatable bonds is 4. The van der Waals surface area contributed by atoms with Crippen LogP contribution in [0.4, 0.5) is 13.2 Å². The molecule has 2 rings (SSSR count). The van der Waals surface area contributed by atoms with Crippen molar-refractivity contribution in [3.8, 4) is 0 Å². The highest BCUT2D eigenvalue weighted by atomic mass is 32.2. The zero-order valence-corrected chi connectivity index (χ0v) is 11.0. The predicted octanol–water partition coefficient (Wildman–Crippen LogP) is 2.86. The highest BCUT2D eigenvalue weighted by molar-refractivity contribution is 8.00. The van der Waals surface area contributed by atoms with Gasteiger partial charge in [0.15, 0.2) is 0 Å².